The smallest absolute Gasteiger partial charge is 0.338 e. The van der Waals surface area contributed by atoms with Crippen molar-refractivity contribution < 1.29 is 19.0 Å². The molecule has 2 saturated heterocycles. The quantitative estimate of drug-likeness (QED) is 0.299. The zero-order chi connectivity index (χ0) is 26.3. The molecule has 3 saturated carbocycles. The fourth-order valence-electron chi connectivity index (χ4n) is 10.5. The molecule has 1 aromatic rings. The average Bonchev–Trinajstić information content (AvgIpc) is 3.36. The Kier molecular flexibility index (Phi) is 5.95. The third kappa shape index (κ3) is 3.65. The molecular weight excluding hydrogens is 472 g/mol. The molecule has 6 aliphatic rings. The van der Waals surface area contributed by atoms with Crippen LogP contribution in [0.2, 0.25) is 0 Å². The maximum atomic E-state index is 12.7. The lowest BCUT2D eigenvalue weighted by atomic mass is 9.47. The molecule has 0 aromatic heterocycles. The average molecular weight is 519 g/mol. The second kappa shape index (κ2) is 8.93. The molecule has 38 heavy (non-hydrogen) atoms. The number of hydrogen-bond donors (Lipinski definition) is 0. The lowest BCUT2D eigenvalue weighted by Crippen LogP contribution is -2.52. The summed E-state index contributed by atoms with van der Waals surface area (Å²) in [7, 11) is 0. The number of ether oxygens (including phenoxy) is 3. The Labute approximate surface area is 228 Å². The largest absolute Gasteiger partial charge is 0.458 e. The molecule has 0 radical (unpaired) electrons. The molecule has 0 bridgehead atoms. The summed E-state index contributed by atoms with van der Waals surface area (Å²) in [5.41, 5.74) is 2.81. The fourth-order valence-corrected chi connectivity index (χ4v) is 10.5. The van der Waals surface area contributed by atoms with Crippen LogP contribution in [0, 0.1) is 46.3 Å². The molecule has 206 valence electrons. The van der Waals surface area contributed by atoms with Crippen LogP contribution >= 0.6 is 0 Å². The summed E-state index contributed by atoms with van der Waals surface area (Å²) in [6.45, 7) is 10.7. The maximum Gasteiger partial charge on any atom is 0.338 e. The van der Waals surface area contributed by atoms with Gasteiger partial charge in [-0.3, -0.25) is 0 Å². The fraction of sp³-hybridized carbons (Fsp3) is 0.735. The van der Waals surface area contributed by atoms with Crippen LogP contribution < -0.4 is 0 Å². The molecule has 0 amide bonds. The third-order valence-corrected chi connectivity index (χ3v) is 12.6. The van der Waals surface area contributed by atoms with Gasteiger partial charge in [0, 0.05) is 18.8 Å². The van der Waals surface area contributed by atoms with Crippen LogP contribution in [0.25, 0.3) is 0 Å². The van der Waals surface area contributed by atoms with Crippen molar-refractivity contribution in [1.82, 2.24) is 0 Å². The summed E-state index contributed by atoms with van der Waals surface area (Å²) in [6, 6.07) is 9.45. The van der Waals surface area contributed by atoms with Gasteiger partial charge in [-0.1, -0.05) is 57.5 Å². The van der Waals surface area contributed by atoms with E-state index in [2.05, 4.69) is 33.8 Å². The first-order valence-corrected chi connectivity index (χ1v) is 15.5. The summed E-state index contributed by atoms with van der Waals surface area (Å²) in [6.07, 6.45) is 13.3. The molecule has 2 aliphatic heterocycles. The number of esters is 1. The minimum absolute atomic E-state index is 0.00178. The summed E-state index contributed by atoms with van der Waals surface area (Å²) < 4.78 is 19.5. The minimum atomic E-state index is -0.326. The van der Waals surface area contributed by atoms with Crippen molar-refractivity contribution >= 4 is 5.97 Å². The zero-order valence-electron chi connectivity index (χ0n) is 23.8. The standard InChI is InChI=1S/C34H46O4/c1-21-12-17-34(36-20-21)22(2)30-29(38-34)19-28-26-11-10-24-18-25(37-31(35)23-8-6-5-7-9-23)13-15-32(24,3)27(26)14-16-33(28,30)4/h5-10,21-22,25-30H,11-20H2,1-4H3/t21?,22-,25-,26?,27?,28?,29-,30?,32-,33-,34?/m0/s1. The molecule has 4 aliphatic carbocycles. The molecule has 1 spiro atoms. The SMILES string of the molecule is CC1CCC2(OC1)O[C@H]1CC3C4CC=C5C[C@@H](OC(=O)c6ccccc6)CC[C@]5(C)C4CC[C@]3(C)C1[C@@H]2C. The van der Waals surface area contributed by atoms with Crippen molar-refractivity contribution in [2.24, 2.45) is 46.3 Å². The Balaban J connectivity index is 1.08. The number of carbonyl (C=O) groups is 1. The number of benzene rings is 1. The van der Waals surface area contributed by atoms with Crippen LogP contribution in [0.1, 0.15) is 95.8 Å². The highest BCUT2D eigenvalue weighted by molar-refractivity contribution is 5.89. The highest BCUT2D eigenvalue weighted by Gasteiger charge is 2.68. The lowest BCUT2D eigenvalue weighted by molar-refractivity contribution is -0.272. The Morgan fingerprint density at radius 3 is 2.58 bits per heavy atom. The van der Waals surface area contributed by atoms with E-state index in [0.717, 1.165) is 50.0 Å². The van der Waals surface area contributed by atoms with Gasteiger partial charge in [0.2, 0.25) is 0 Å². The van der Waals surface area contributed by atoms with E-state index in [9.17, 15) is 4.79 Å². The molecule has 6 unspecified atom stereocenters. The third-order valence-electron chi connectivity index (χ3n) is 12.6. The van der Waals surface area contributed by atoms with Crippen LogP contribution in [0.5, 0.6) is 0 Å². The van der Waals surface area contributed by atoms with E-state index in [1.807, 2.05) is 30.3 Å². The Hall–Kier alpha value is -1.65. The normalized spacial score (nSPS) is 49.4. The Morgan fingerprint density at radius 2 is 1.82 bits per heavy atom. The Bertz CT molecular complexity index is 1100. The van der Waals surface area contributed by atoms with Crippen molar-refractivity contribution in [2.75, 3.05) is 6.61 Å². The molecule has 7 rings (SSSR count). The van der Waals surface area contributed by atoms with Gasteiger partial charge in [-0.2, -0.15) is 0 Å². The monoisotopic (exact) mass is 518 g/mol. The van der Waals surface area contributed by atoms with Gasteiger partial charge in [0.05, 0.1) is 18.3 Å². The van der Waals surface area contributed by atoms with Gasteiger partial charge in [-0.25, -0.2) is 4.79 Å². The summed E-state index contributed by atoms with van der Waals surface area (Å²) in [4.78, 5) is 12.7. The second-order valence-electron chi connectivity index (χ2n) is 14.4. The first-order valence-electron chi connectivity index (χ1n) is 15.5. The van der Waals surface area contributed by atoms with Crippen molar-refractivity contribution in [3.63, 3.8) is 0 Å². The predicted octanol–water partition coefficient (Wildman–Crippen LogP) is 7.58. The topological polar surface area (TPSA) is 44.8 Å². The van der Waals surface area contributed by atoms with Gasteiger partial charge in [-0.05, 0) is 97.5 Å². The highest BCUT2D eigenvalue weighted by atomic mass is 16.7. The van der Waals surface area contributed by atoms with E-state index < -0.39 is 0 Å². The first-order chi connectivity index (χ1) is 18.2. The molecule has 4 heteroatoms. The molecule has 2 heterocycles. The molecular formula is C34H46O4. The lowest BCUT2D eigenvalue weighted by Gasteiger charge is -2.58. The molecule has 0 N–H and O–H groups in total. The number of carbonyl (C=O) groups excluding carboxylic acids is 1. The summed E-state index contributed by atoms with van der Waals surface area (Å²) in [5.74, 6) is 3.46. The van der Waals surface area contributed by atoms with E-state index in [1.165, 1.54) is 32.1 Å². The van der Waals surface area contributed by atoms with Gasteiger partial charge in [0.25, 0.3) is 0 Å². The Morgan fingerprint density at radius 1 is 1.00 bits per heavy atom. The van der Waals surface area contributed by atoms with Gasteiger partial charge in [0.15, 0.2) is 5.79 Å². The van der Waals surface area contributed by atoms with E-state index >= 15 is 0 Å². The predicted molar refractivity (Wildman–Crippen MR) is 147 cm³/mol. The molecule has 4 nitrogen and oxygen atoms in total. The van der Waals surface area contributed by atoms with E-state index in [0.29, 0.717) is 34.8 Å². The van der Waals surface area contributed by atoms with Gasteiger partial charge < -0.3 is 14.2 Å². The minimum Gasteiger partial charge on any atom is -0.458 e. The van der Waals surface area contributed by atoms with E-state index in [-0.39, 0.29) is 23.3 Å². The highest BCUT2D eigenvalue weighted by Crippen LogP contribution is 2.70. The van der Waals surface area contributed by atoms with E-state index in [4.69, 9.17) is 14.2 Å². The van der Waals surface area contributed by atoms with Crippen molar-refractivity contribution in [2.45, 2.75) is 103 Å². The zero-order valence-corrected chi connectivity index (χ0v) is 23.8. The number of hydrogen-bond acceptors (Lipinski definition) is 4. The number of rotatable bonds is 2. The van der Waals surface area contributed by atoms with Crippen LogP contribution in [0.3, 0.4) is 0 Å². The summed E-state index contributed by atoms with van der Waals surface area (Å²) >= 11 is 0. The van der Waals surface area contributed by atoms with Gasteiger partial charge in [-0.15, -0.1) is 0 Å². The van der Waals surface area contributed by atoms with Crippen LogP contribution in [0.15, 0.2) is 42.0 Å². The number of fused-ring (bicyclic) bond motifs is 7. The molecule has 1 aromatic carbocycles. The van der Waals surface area contributed by atoms with Crippen molar-refractivity contribution in [3.8, 4) is 0 Å². The summed E-state index contributed by atoms with van der Waals surface area (Å²) in [5, 5.41) is 0. The van der Waals surface area contributed by atoms with Crippen LogP contribution in [-0.2, 0) is 14.2 Å². The first kappa shape index (κ1) is 25.3. The van der Waals surface area contributed by atoms with Crippen molar-refractivity contribution in [3.05, 3.63) is 47.5 Å². The maximum absolute atomic E-state index is 12.7. The van der Waals surface area contributed by atoms with Crippen molar-refractivity contribution in [1.29, 1.82) is 0 Å². The molecule has 11 atom stereocenters. The van der Waals surface area contributed by atoms with Crippen LogP contribution in [-0.4, -0.2) is 30.6 Å². The van der Waals surface area contributed by atoms with Gasteiger partial charge >= 0.3 is 5.97 Å². The van der Waals surface area contributed by atoms with Gasteiger partial charge in [0.1, 0.15) is 6.10 Å². The number of allylic oxidation sites excluding steroid dienone is 1. The van der Waals surface area contributed by atoms with Crippen LogP contribution in [0.4, 0.5) is 0 Å². The second-order valence-corrected chi connectivity index (χ2v) is 14.4. The molecule has 5 fully saturated rings. The van der Waals surface area contributed by atoms with E-state index in [1.54, 1.807) is 5.57 Å².